The molecule has 2 unspecified atom stereocenters. The van der Waals surface area contributed by atoms with Crippen LogP contribution in [0, 0.1) is 5.92 Å². The number of aromatic amines is 1. The fourth-order valence-electron chi connectivity index (χ4n) is 2.81. The van der Waals surface area contributed by atoms with Crippen LogP contribution in [0.2, 0.25) is 0 Å². The molecule has 1 aliphatic heterocycles. The van der Waals surface area contributed by atoms with Crippen LogP contribution in [-0.4, -0.2) is 44.4 Å². The van der Waals surface area contributed by atoms with Crippen molar-refractivity contribution in [2.24, 2.45) is 5.92 Å². The number of halogens is 6. The zero-order valence-corrected chi connectivity index (χ0v) is 14.9. The Morgan fingerprint density at radius 3 is 2.60 bits per heavy atom. The number of rotatable bonds is 5. The number of aromatic nitrogens is 2. The van der Waals surface area contributed by atoms with Crippen LogP contribution >= 0.6 is 23.2 Å². The number of nitrogens with zero attached hydrogens (tertiary/aromatic N) is 2. The minimum atomic E-state index is -4.19. The molecule has 11 heteroatoms. The number of imidazole rings is 1. The van der Waals surface area contributed by atoms with E-state index in [1.54, 1.807) is 0 Å². The topological polar surface area (TPSA) is 58.2 Å². The van der Waals surface area contributed by atoms with E-state index >= 15 is 0 Å². The smallest absolute Gasteiger partial charge is 0.410 e. The van der Waals surface area contributed by atoms with Gasteiger partial charge in [-0.15, -0.1) is 0 Å². The lowest BCUT2D eigenvalue weighted by molar-refractivity contribution is -0.0920. The minimum absolute atomic E-state index is 0.112. The molecule has 0 spiro atoms. The minimum Gasteiger partial charge on any atom is -0.438 e. The molecule has 1 amide bonds. The van der Waals surface area contributed by atoms with Crippen LogP contribution in [-0.2, 0) is 11.2 Å². The second-order valence-corrected chi connectivity index (χ2v) is 7.19. The average Bonchev–Trinajstić information content (AvgIpc) is 2.90. The Morgan fingerprint density at radius 2 is 2.08 bits per heavy atom. The molecule has 1 N–H and O–H groups in total. The van der Waals surface area contributed by atoms with Crippen molar-refractivity contribution in [2.75, 3.05) is 6.54 Å². The highest BCUT2D eigenvalue weighted by molar-refractivity contribution is 6.23. The van der Waals surface area contributed by atoms with Gasteiger partial charge in [0.1, 0.15) is 0 Å². The number of carbonyl (C=O) groups is 1. The van der Waals surface area contributed by atoms with Crippen molar-refractivity contribution in [1.82, 2.24) is 14.9 Å². The molecule has 5 nitrogen and oxygen atoms in total. The molecule has 1 aromatic rings. The molecule has 0 saturated heterocycles. The molecule has 2 heterocycles. The molecule has 142 valence electrons. The lowest BCUT2D eigenvalue weighted by Gasteiger charge is -2.37. The first-order valence-electron chi connectivity index (χ1n) is 7.53. The van der Waals surface area contributed by atoms with Crippen LogP contribution in [0.5, 0.6) is 0 Å². The molecule has 1 aliphatic rings. The average molecular weight is 406 g/mol. The van der Waals surface area contributed by atoms with E-state index in [0.717, 1.165) is 5.69 Å². The van der Waals surface area contributed by atoms with Crippen LogP contribution in [0.25, 0.3) is 0 Å². The molecule has 0 radical (unpaired) electrons. The summed E-state index contributed by atoms with van der Waals surface area (Å²) in [7, 11) is 0. The summed E-state index contributed by atoms with van der Waals surface area (Å²) >= 11 is 9.50. The molecule has 2 rings (SSSR count). The van der Waals surface area contributed by atoms with E-state index in [9.17, 15) is 22.4 Å². The van der Waals surface area contributed by atoms with Crippen LogP contribution < -0.4 is 0 Å². The quantitative estimate of drug-likeness (QED) is 0.578. The first kappa shape index (κ1) is 20.1. The normalized spacial score (nSPS) is 19.7. The molecule has 25 heavy (non-hydrogen) atoms. The van der Waals surface area contributed by atoms with Crippen molar-refractivity contribution in [3.05, 3.63) is 17.7 Å². The predicted molar refractivity (Wildman–Crippen MR) is 83.1 cm³/mol. The number of ether oxygens (including phenoxy) is 1. The summed E-state index contributed by atoms with van der Waals surface area (Å²) in [5.41, 5.74) is 1.42. The standard InChI is InChI=1S/C14H17Cl2F4N3O2/c1-7(2)11-10-8(21-6-22-10)3-4-23(11)12(24)25-9(14(16,19)20)5-13(15,17)18/h6-7,9,11H,3-5H2,1-2H3,(H,21,22). The van der Waals surface area contributed by atoms with Crippen LogP contribution in [0.1, 0.15) is 37.7 Å². The third kappa shape index (κ3) is 4.91. The van der Waals surface area contributed by atoms with Crippen molar-refractivity contribution in [3.8, 4) is 0 Å². The number of amides is 1. The zero-order chi connectivity index (χ0) is 19.0. The second kappa shape index (κ2) is 7.19. The second-order valence-electron chi connectivity index (χ2n) is 6.13. The fourth-order valence-corrected chi connectivity index (χ4v) is 3.07. The Kier molecular flexibility index (Phi) is 5.78. The number of carbonyl (C=O) groups excluding carboxylic acids is 1. The lowest BCUT2D eigenvalue weighted by Crippen LogP contribution is -2.46. The van der Waals surface area contributed by atoms with Gasteiger partial charge in [0.2, 0.25) is 0 Å². The van der Waals surface area contributed by atoms with E-state index in [2.05, 4.69) is 14.7 Å². The summed E-state index contributed by atoms with van der Waals surface area (Å²) in [5, 5.41) is -8.17. The van der Waals surface area contributed by atoms with Gasteiger partial charge in [-0.3, -0.25) is 4.90 Å². The molecule has 0 bridgehead atoms. The van der Waals surface area contributed by atoms with E-state index in [-0.39, 0.29) is 12.5 Å². The summed E-state index contributed by atoms with van der Waals surface area (Å²) in [4.78, 5) is 20.7. The maximum atomic E-state index is 13.4. The van der Waals surface area contributed by atoms with Gasteiger partial charge < -0.3 is 9.72 Å². The third-order valence-electron chi connectivity index (χ3n) is 3.86. The number of hydrogen-bond acceptors (Lipinski definition) is 3. The van der Waals surface area contributed by atoms with Crippen LogP contribution in [0.3, 0.4) is 0 Å². The molecule has 2 atom stereocenters. The van der Waals surface area contributed by atoms with E-state index in [1.165, 1.54) is 11.2 Å². The van der Waals surface area contributed by atoms with Gasteiger partial charge in [0.25, 0.3) is 0 Å². The highest BCUT2D eigenvalue weighted by atomic mass is 35.5. The summed E-state index contributed by atoms with van der Waals surface area (Å²) in [6, 6.07) is -0.538. The van der Waals surface area contributed by atoms with Gasteiger partial charge in [-0.1, -0.05) is 13.8 Å². The van der Waals surface area contributed by atoms with Gasteiger partial charge in [0, 0.05) is 18.7 Å². The Bertz CT molecular complexity index is 616. The Balaban J connectivity index is 2.20. The monoisotopic (exact) mass is 405 g/mol. The van der Waals surface area contributed by atoms with Crippen molar-refractivity contribution in [2.45, 2.75) is 49.6 Å². The molecule has 0 fully saturated rings. The molecular formula is C14H17Cl2F4N3O2. The number of H-pyrrole nitrogens is 1. The predicted octanol–water partition coefficient (Wildman–Crippen LogP) is 4.52. The number of alkyl halides is 6. The maximum absolute atomic E-state index is 13.4. The van der Waals surface area contributed by atoms with Gasteiger partial charge >= 0.3 is 16.9 Å². The summed E-state index contributed by atoms with van der Waals surface area (Å²) in [6.07, 6.45) is -3.47. The fraction of sp³-hybridized carbons (Fsp3) is 0.714. The van der Waals surface area contributed by atoms with Gasteiger partial charge in [0.15, 0.2) is 6.10 Å². The Hall–Kier alpha value is -1.22. The summed E-state index contributed by atoms with van der Waals surface area (Å²) in [5.74, 6) is -0.112. The summed E-state index contributed by atoms with van der Waals surface area (Å²) < 4.78 is 57.1. The Morgan fingerprint density at radius 1 is 1.44 bits per heavy atom. The van der Waals surface area contributed by atoms with E-state index in [1.807, 2.05) is 13.8 Å². The molecule has 0 aliphatic carbocycles. The van der Waals surface area contributed by atoms with Gasteiger partial charge in [0.05, 0.1) is 24.5 Å². The largest absolute Gasteiger partial charge is 0.438 e. The number of nitrogens with one attached hydrogen (secondary N) is 1. The van der Waals surface area contributed by atoms with E-state index < -0.39 is 35.4 Å². The molecule has 0 aromatic carbocycles. The maximum Gasteiger partial charge on any atom is 0.410 e. The van der Waals surface area contributed by atoms with Crippen molar-refractivity contribution in [1.29, 1.82) is 0 Å². The van der Waals surface area contributed by atoms with Crippen molar-refractivity contribution < 1.29 is 27.1 Å². The zero-order valence-electron chi connectivity index (χ0n) is 13.4. The van der Waals surface area contributed by atoms with Crippen molar-refractivity contribution in [3.63, 3.8) is 0 Å². The number of fused-ring (bicyclic) bond motifs is 1. The highest BCUT2D eigenvalue weighted by Crippen LogP contribution is 2.38. The molecular weight excluding hydrogens is 389 g/mol. The van der Waals surface area contributed by atoms with Crippen LogP contribution in [0.15, 0.2) is 6.33 Å². The summed E-state index contributed by atoms with van der Waals surface area (Å²) in [6.45, 7) is 3.79. The molecule has 0 saturated carbocycles. The molecule has 1 aromatic heterocycles. The van der Waals surface area contributed by atoms with Crippen molar-refractivity contribution >= 4 is 29.3 Å². The Labute approximate surface area is 151 Å². The van der Waals surface area contributed by atoms with E-state index in [0.29, 0.717) is 12.1 Å². The first-order chi connectivity index (χ1) is 11.4. The van der Waals surface area contributed by atoms with Crippen LogP contribution in [0.4, 0.5) is 22.4 Å². The lowest BCUT2D eigenvalue weighted by atomic mass is 9.93. The van der Waals surface area contributed by atoms with E-state index in [4.69, 9.17) is 23.2 Å². The number of hydrogen-bond donors (Lipinski definition) is 1. The first-order valence-corrected chi connectivity index (χ1v) is 8.28. The highest BCUT2D eigenvalue weighted by Gasteiger charge is 2.48. The van der Waals surface area contributed by atoms with Gasteiger partial charge in [-0.2, -0.15) is 17.6 Å². The van der Waals surface area contributed by atoms with Gasteiger partial charge in [-0.05, 0) is 29.1 Å². The third-order valence-corrected chi connectivity index (χ3v) is 4.26. The SMILES string of the molecule is CC(C)C1c2nc[nH]c2CCN1C(=O)OC(CC(F)(F)Cl)C(F)(F)Cl. The van der Waals surface area contributed by atoms with Gasteiger partial charge in [-0.25, -0.2) is 9.78 Å².